The average Bonchev–Trinajstić information content (AvgIpc) is 3.56. The minimum Gasteiger partial charge on any atom is -0.264 e. The van der Waals surface area contributed by atoms with E-state index >= 15 is 0 Å². The van der Waals surface area contributed by atoms with Crippen LogP contribution < -0.4 is 0 Å². The van der Waals surface area contributed by atoms with Crippen LogP contribution in [0, 0.1) is 0 Å². The van der Waals surface area contributed by atoms with E-state index in [9.17, 15) is 0 Å². The van der Waals surface area contributed by atoms with E-state index in [4.69, 9.17) is 9.97 Å². The Hall–Kier alpha value is -6.97. The van der Waals surface area contributed by atoms with E-state index in [-0.39, 0.29) is 0 Å². The van der Waals surface area contributed by atoms with Crippen molar-refractivity contribution in [1.82, 2.24) is 15.0 Å². The van der Waals surface area contributed by atoms with Gasteiger partial charge in [0.05, 0.1) is 11.4 Å². The van der Waals surface area contributed by atoms with E-state index in [2.05, 4.69) is 169 Å². The molecule has 52 heavy (non-hydrogen) atoms. The number of rotatable bonds is 6. The van der Waals surface area contributed by atoms with Gasteiger partial charge in [0, 0.05) is 29.1 Å². The molecule has 0 saturated heterocycles. The van der Waals surface area contributed by atoms with Crippen LogP contribution >= 0.6 is 0 Å². The SMILES string of the molecule is c1ccc(-c2ccc(-c3nc(-c4ccc(-c5cccnc5)cc4)cc(-c4ccc(-c5ccc6c7c(cccc57)-c5ccccc5-6)cc4)n3)cc2)cc1. The first-order valence-electron chi connectivity index (χ1n) is 17.6. The number of hydrogen-bond acceptors (Lipinski definition) is 3. The molecule has 0 spiro atoms. The highest BCUT2D eigenvalue weighted by Gasteiger charge is 2.22. The lowest BCUT2D eigenvalue weighted by atomic mass is 9.93. The van der Waals surface area contributed by atoms with Crippen molar-refractivity contribution in [1.29, 1.82) is 0 Å². The number of pyridine rings is 1. The van der Waals surface area contributed by atoms with Gasteiger partial charge >= 0.3 is 0 Å². The van der Waals surface area contributed by atoms with Gasteiger partial charge in [0.2, 0.25) is 0 Å². The molecule has 0 bridgehead atoms. The summed E-state index contributed by atoms with van der Waals surface area (Å²) in [5.41, 5.74) is 17.0. The van der Waals surface area contributed by atoms with Crippen LogP contribution in [0.5, 0.6) is 0 Å². The van der Waals surface area contributed by atoms with Gasteiger partial charge in [-0.3, -0.25) is 4.98 Å². The average molecular weight is 662 g/mol. The first kappa shape index (κ1) is 29.9. The second-order valence-electron chi connectivity index (χ2n) is 13.2. The fourth-order valence-electron chi connectivity index (χ4n) is 7.56. The molecule has 0 amide bonds. The molecule has 2 heterocycles. The van der Waals surface area contributed by atoms with Crippen LogP contribution in [0.3, 0.4) is 0 Å². The lowest BCUT2D eigenvalue weighted by molar-refractivity contribution is 1.18. The molecular weight excluding hydrogens is 631 g/mol. The lowest BCUT2D eigenvalue weighted by Crippen LogP contribution is -1.96. The summed E-state index contributed by atoms with van der Waals surface area (Å²) in [5.74, 6) is 0.694. The molecular formula is C49H31N3. The van der Waals surface area contributed by atoms with Gasteiger partial charge in [0.15, 0.2) is 5.82 Å². The quantitative estimate of drug-likeness (QED) is 0.178. The van der Waals surface area contributed by atoms with Crippen molar-refractivity contribution in [3.63, 3.8) is 0 Å². The van der Waals surface area contributed by atoms with E-state index in [1.807, 2.05) is 18.3 Å². The molecule has 0 saturated carbocycles. The molecule has 0 fully saturated rings. The predicted octanol–water partition coefficient (Wildman–Crippen LogP) is 12.7. The minimum atomic E-state index is 0.694. The van der Waals surface area contributed by atoms with Crippen molar-refractivity contribution >= 4 is 10.8 Å². The highest BCUT2D eigenvalue weighted by Crippen LogP contribution is 2.49. The Bertz CT molecular complexity index is 2600. The van der Waals surface area contributed by atoms with E-state index in [1.54, 1.807) is 6.20 Å². The smallest absolute Gasteiger partial charge is 0.160 e. The normalized spacial score (nSPS) is 11.5. The van der Waals surface area contributed by atoms with Crippen LogP contribution in [-0.4, -0.2) is 15.0 Å². The van der Waals surface area contributed by atoms with Gasteiger partial charge in [-0.2, -0.15) is 0 Å². The van der Waals surface area contributed by atoms with Crippen LogP contribution in [0.15, 0.2) is 188 Å². The summed E-state index contributed by atoms with van der Waals surface area (Å²) in [6.45, 7) is 0. The van der Waals surface area contributed by atoms with Gasteiger partial charge in [-0.15, -0.1) is 0 Å². The van der Waals surface area contributed by atoms with Gasteiger partial charge in [0.25, 0.3) is 0 Å². The molecule has 1 aliphatic rings. The molecule has 10 rings (SSSR count). The predicted molar refractivity (Wildman–Crippen MR) is 214 cm³/mol. The van der Waals surface area contributed by atoms with Crippen molar-refractivity contribution in [3.05, 3.63) is 188 Å². The highest BCUT2D eigenvalue weighted by molar-refractivity contribution is 6.18. The maximum atomic E-state index is 5.15. The Morgan fingerprint density at radius 2 is 0.808 bits per heavy atom. The monoisotopic (exact) mass is 661 g/mol. The summed E-state index contributed by atoms with van der Waals surface area (Å²) >= 11 is 0. The third-order valence-corrected chi connectivity index (χ3v) is 10.2. The molecule has 0 unspecified atom stereocenters. The first-order valence-corrected chi connectivity index (χ1v) is 17.6. The summed E-state index contributed by atoms with van der Waals surface area (Å²) in [7, 11) is 0. The van der Waals surface area contributed by atoms with Gasteiger partial charge in [-0.1, -0.05) is 164 Å². The number of fused-ring (bicyclic) bond motifs is 3. The molecule has 9 aromatic rings. The van der Waals surface area contributed by atoms with Crippen LogP contribution in [0.4, 0.5) is 0 Å². The van der Waals surface area contributed by atoms with Gasteiger partial charge in [-0.05, 0) is 78.5 Å². The molecule has 242 valence electrons. The molecule has 1 aliphatic carbocycles. The molecule has 3 heteroatoms. The fraction of sp³-hybridized carbons (Fsp3) is 0. The van der Waals surface area contributed by atoms with Crippen LogP contribution in [0.25, 0.3) is 100 Å². The third-order valence-electron chi connectivity index (χ3n) is 10.2. The van der Waals surface area contributed by atoms with Crippen molar-refractivity contribution < 1.29 is 0 Å². The van der Waals surface area contributed by atoms with Crippen molar-refractivity contribution in [2.75, 3.05) is 0 Å². The molecule has 0 atom stereocenters. The number of nitrogens with zero attached hydrogens (tertiary/aromatic N) is 3. The highest BCUT2D eigenvalue weighted by atomic mass is 14.9. The molecule has 7 aromatic carbocycles. The number of hydrogen-bond donors (Lipinski definition) is 0. The fourth-order valence-corrected chi connectivity index (χ4v) is 7.56. The summed E-state index contributed by atoms with van der Waals surface area (Å²) in [5, 5.41) is 2.61. The molecule has 0 N–H and O–H groups in total. The standard InChI is InChI=1S/C49H31N3/c1-2-8-32(9-3-1)33-17-25-38(26-18-33)49-51-46(36-21-15-34(16-22-36)39-10-7-29-50-31-39)30-47(52-49)37-23-19-35(20-24-37)40-27-28-45-42-12-5-4-11-41(42)44-14-6-13-43(40)48(44)45/h1-31H. The third kappa shape index (κ3) is 5.19. The van der Waals surface area contributed by atoms with Crippen LogP contribution in [0.1, 0.15) is 0 Å². The van der Waals surface area contributed by atoms with E-state index < -0.39 is 0 Å². The Balaban J connectivity index is 1.04. The zero-order valence-electron chi connectivity index (χ0n) is 28.2. The minimum absolute atomic E-state index is 0.694. The van der Waals surface area contributed by atoms with E-state index in [0.717, 1.165) is 44.8 Å². The Morgan fingerprint density at radius 3 is 1.46 bits per heavy atom. The summed E-state index contributed by atoms with van der Waals surface area (Å²) in [4.78, 5) is 14.6. The molecule has 0 aliphatic heterocycles. The van der Waals surface area contributed by atoms with Gasteiger partial charge in [-0.25, -0.2) is 9.97 Å². The zero-order valence-corrected chi connectivity index (χ0v) is 28.2. The molecule has 2 aromatic heterocycles. The van der Waals surface area contributed by atoms with Crippen molar-refractivity contribution in [2.24, 2.45) is 0 Å². The largest absolute Gasteiger partial charge is 0.264 e. The molecule has 3 nitrogen and oxygen atoms in total. The van der Waals surface area contributed by atoms with Gasteiger partial charge < -0.3 is 0 Å². The summed E-state index contributed by atoms with van der Waals surface area (Å²) in [6, 6.07) is 62.4. The van der Waals surface area contributed by atoms with E-state index in [0.29, 0.717) is 5.82 Å². The van der Waals surface area contributed by atoms with Crippen molar-refractivity contribution in [2.45, 2.75) is 0 Å². The van der Waals surface area contributed by atoms with Crippen LogP contribution in [0.2, 0.25) is 0 Å². The Labute approximate surface area is 302 Å². The van der Waals surface area contributed by atoms with Gasteiger partial charge in [0.1, 0.15) is 0 Å². The first-order chi connectivity index (χ1) is 25.8. The molecule has 0 radical (unpaired) electrons. The maximum Gasteiger partial charge on any atom is 0.160 e. The lowest BCUT2D eigenvalue weighted by Gasteiger charge is -2.12. The summed E-state index contributed by atoms with van der Waals surface area (Å²) < 4.78 is 0. The Kier molecular flexibility index (Phi) is 7.14. The Morgan fingerprint density at radius 1 is 0.308 bits per heavy atom. The zero-order chi connectivity index (χ0) is 34.4. The van der Waals surface area contributed by atoms with Crippen LogP contribution in [-0.2, 0) is 0 Å². The second-order valence-corrected chi connectivity index (χ2v) is 13.2. The number of benzene rings is 7. The maximum absolute atomic E-state index is 5.15. The van der Waals surface area contributed by atoms with Crippen molar-refractivity contribution in [3.8, 4) is 89.5 Å². The second kappa shape index (κ2) is 12.4. The summed E-state index contributed by atoms with van der Waals surface area (Å²) in [6.07, 6.45) is 3.69. The number of aromatic nitrogens is 3. The topological polar surface area (TPSA) is 38.7 Å². The van der Waals surface area contributed by atoms with E-state index in [1.165, 1.54) is 49.7 Å².